The molecule has 0 amide bonds. The second-order valence-electron chi connectivity index (χ2n) is 9.74. The number of halogens is 1. The summed E-state index contributed by atoms with van der Waals surface area (Å²) in [6.07, 6.45) is 1.27. The van der Waals surface area contributed by atoms with Gasteiger partial charge < -0.3 is 14.7 Å². The summed E-state index contributed by atoms with van der Waals surface area (Å²) in [5.41, 5.74) is 4.36. The number of benzene rings is 2. The Labute approximate surface area is 229 Å². The Morgan fingerprint density at radius 3 is 2.54 bits per heavy atom. The maximum Gasteiger partial charge on any atom is 0.236 e. The second kappa shape index (κ2) is 9.27. The van der Waals surface area contributed by atoms with Crippen LogP contribution in [-0.4, -0.2) is 67.5 Å². The first-order valence-corrected chi connectivity index (χ1v) is 15.6. The lowest BCUT2D eigenvalue weighted by molar-refractivity contribution is 0.216. The molecule has 6 rings (SSSR count). The SMILES string of the molecule is Cc1cc2c(s1)N(Cc1cc3cc(Br)ccc3n1S(C)(=O)=O)c1ccccc1N=C2N1CCN(C)CC1. The average Bonchev–Trinajstić information content (AvgIpc) is 3.38. The van der Waals surface area contributed by atoms with Gasteiger partial charge in [-0.15, -0.1) is 11.3 Å². The summed E-state index contributed by atoms with van der Waals surface area (Å²) >= 11 is 5.26. The van der Waals surface area contributed by atoms with E-state index < -0.39 is 10.0 Å². The standard InChI is InChI=1S/C27H28BrN5O2S2/c1-18-14-22-26(31-12-10-30(2)11-13-31)29-23-6-4-5-7-25(23)32(27(22)36-18)17-21-16-19-15-20(28)8-9-24(19)33(21)37(3,34)35/h4-9,14-16H,10-13,17H2,1-3H3. The number of amidine groups is 1. The Morgan fingerprint density at radius 1 is 1.03 bits per heavy atom. The van der Waals surface area contributed by atoms with Crippen LogP contribution in [-0.2, 0) is 16.6 Å². The quantitative estimate of drug-likeness (QED) is 0.309. The van der Waals surface area contributed by atoms with Crippen molar-refractivity contribution in [2.45, 2.75) is 13.5 Å². The highest BCUT2D eigenvalue weighted by Gasteiger charge is 2.30. The van der Waals surface area contributed by atoms with Crippen molar-refractivity contribution in [2.24, 2.45) is 4.99 Å². The van der Waals surface area contributed by atoms with Crippen LogP contribution in [0, 0.1) is 6.92 Å². The third-order valence-corrected chi connectivity index (χ3v) is 9.63. The molecule has 2 aliphatic rings. The lowest BCUT2D eigenvalue weighted by Crippen LogP contribution is -2.47. The third-order valence-electron chi connectivity index (χ3n) is 6.97. The molecule has 0 N–H and O–H groups in total. The normalized spacial score (nSPS) is 16.5. The number of hydrogen-bond acceptors (Lipinski definition) is 7. The van der Waals surface area contributed by atoms with E-state index in [9.17, 15) is 8.42 Å². The van der Waals surface area contributed by atoms with Crippen LogP contribution in [0.4, 0.5) is 16.4 Å². The summed E-state index contributed by atoms with van der Waals surface area (Å²) in [5.74, 6) is 0.995. The van der Waals surface area contributed by atoms with Crippen LogP contribution in [0.1, 0.15) is 16.1 Å². The Bertz CT molecular complexity index is 1650. The zero-order valence-electron chi connectivity index (χ0n) is 21.0. The predicted molar refractivity (Wildman–Crippen MR) is 156 cm³/mol. The van der Waals surface area contributed by atoms with E-state index in [1.54, 1.807) is 11.3 Å². The fraction of sp³-hybridized carbons (Fsp3) is 0.296. The molecular weight excluding hydrogens is 570 g/mol. The Morgan fingerprint density at radius 2 is 1.78 bits per heavy atom. The van der Waals surface area contributed by atoms with E-state index in [4.69, 9.17) is 4.99 Å². The number of piperazine rings is 1. The smallest absolute Gasteiger partial charge is 0.236 e. The lowest BCUT2D eigenvalue weighted by Gasteiger charge is -2.34. The van der Waals surface area contributed by atoms with E-state index in [1.165, 1.54) is 15.1 Å². The van der Waals surface area contributed by atoms with Gasteiger partial charge in [0.1, 0.15) is 10.8 Å². The summed E-state index contributed by atoms with van der Waals surface area (Å²) in [6.45, 7) is 6.34. The number of aliphatic imine (C=N–C) groups is 1. The molecule has 37 heavy (non-hydrogen) atoms. The Hall–Kier alpha value is -2.66. The molecule has 10 heteroatoms. The van der Waals surface area contributed by atoms with Gasteiger partial charge >= 0.3 is 0 Å². The molecule has 4 aromatic rings. The molecule has 0 spiro atoms. The van der Waals surface area contributed by atoms with Gasteiger partial charge in [0.15, 0.2) is 0 Å². The number of anilines is 2. The van der Waals surface area contributed by atoms with Crippen LogP contribution < -0.4 is 4.90 Å². The molecule has 0 saturated carbocycles. The molecule has 0 atom stereocenters. The van der Waals surface area contributed by atoms with Crippen molar-refractivity contribution >= 4 is 70.4 Å². The minimum atomic E-state index is -3.54. The van der Waals surface area contributed by atoms with Crippen LogP contribution in [0.25, 0.3) is 10.9 Å². The first kappa shape index (κ1) is 24.7. The maximum atomic E-state index is 13.0. The fourth-order valence-corrected chi connectivity index (χ4v) is 7.69. The highest BCUT2D eigenvalue weighted by Crippen LogP contribution is 2.45. The van der Waals surface area contributed by atoms with Crippen molar-refractivity contribution in [2.75, 3.05) is 44.4 Å². The number of aromatic nitrogens is 1. The van der Waals surface area contributed by atoms with Crippen molar-refractivity contribution in [3.63, 3.8) is 0 Å². The number of rotatable bonds is 3. The number of fused-ring (bicyclic) bond motifs is 3. The van der Waals surface area contributed by atoms with Crippen LogP contribution in [0.3, 0.4) is 0 Å². The zero-order valence-corrected chi connectivity index (χ0v) is 24.2. The minimum absolute atomic E-state index is 0.398. The van der Waals surface area contributed by atoms with E-state index in [2.05, 4.69) is 56.7 Å². The largest absolute Gasteiger partial charge is 0.353 e. The average molecular weight is 599 g/mol. The summed E-state index contributed by atoms with van der Waals surface area (Å²) in [7, 11) is -1.38. The van der Waals surface area contributed by atoms with Crippen LogP contribution in [0.5, 0.6) is 0 Å². The van der Waals surface area contributed by atoms with Gasteiger partial charge in [0.05, 0.1) is 40.9 Å². The first-order chi connectivity index (χ1) is 17.7. The highest BCUT2D eigenvalue weighted by molar-refractivity contribution is 9.10. The molecule has 0 radical (unpaired) electrons. The fourth-order valence-electron chi connectivity index (χ4n) is 5.23. The first-order valence-electron chi connectivity index (χ1n) is 12.2. The van der Waals surface area contributed by atoms with Crippen LogP contribution in [0.15, 0.2) is 64.1 Å². The van der Waals surface area contributed by atoms with Gasteiger partial charge in [-0.3, -0.25) is 0 Å². The van der Waals surface area contributed by atoms with Gasteiger partial charge in [-0.2, -0.15) is 0 Å². The van der Waals surface area contributed by atoms with Gasteiger partial charge in [0.2, 0.25) is 10.0 Å². The second-order valence-corrected chi connectivity index (χ2v) is 13.7. The van der Waals surface area contributed by atoms with E-state index in [1.807, 2.05) is 42.5 Å². The topological polar surface area (TPSA) is 61.2 Å². The molecule has 2 aliphatic heterocycles. The maximum absolute atomic E-state index is 13.0. The number of thiophene rings is 1. The van der Waals surface area contributed by atoms with Crippen molar-refractivity contribution in [1.82, 2.24) is 13.8 Å². The molecule has 1 fully saturated rings. The van der Waals surface area contributed by atoms with Gasteiger partial charge in [0.25, 0.3) is 0 Å². The lowest BCUT2D eigenvalue weighted by atomic mass is 10.2. The monoisotopic (exact) mass is 597 g/mol. The van der Waals surface area contributed by atoms with Gasteiger partial charge in [0, 0.05) is 40.9 Å². The van der Waals surface area contributed by atoms with E-state index in [0.717, 1.165) is 63.8 Å². The van der Waals surface area contributed by atoms with Crippen LogP contribution >= 0.6 is 27.3 Å². The molecule has 0 aliphatic carbocycles. The third kappa shape index (κ3) is 4.50. The molecule has 1 saturated heterocycles. The van der Waals surface area contributed by atoms with Gasteiger partial charge in [-0.1, -0.05) is 28.1 Å². The number of nitrogens with zero attached hydrogens (tertiary/aromatic N) is 5. The molecule has 0 bridgehead atoms. The van der Waals surface area contributed by atoms with Gasteiger partial charge in [-0.05, 0) is 56.4 Å². The van der Waals surface area contributed by atoms with Crippen molar-refractivity contribution in [1.29, 1.82) is 0 Å². The molecule has 0 unspecified atom stereocenters. The number of para-hydroxylation sites is 2. The van der Waals surface area contributed by atoms with Gasteiger partial charge in [-0.25, -0.2) is 17.4 Å². The van der Waals surface area contributed by atoms with Crippen LogP contribution in [0.2, 0.25) is 0 Å². The van der Waals surface area contributed by atoms with E-state index in [0.29, 0.717) is 17.8 Å². The number of likely N-dealkylation sites (N-methyl/N-ethyl adjacent to an activating group) is 1. The zero-order chi connectivity index (χ0) is 25.9. The summed E-state index contributed by atoms with van der Waals surface area (Å²) in [5, 5.41) is 1.97. The molecule has 2 aromatic heterocycles. The molecular formula is C27H28BrN5O2S2. The molecule has 2 aromatic carbocycles. The minimum Gasteiger partial charge on any atom is -0.353 e. The predicted octanol–water partition coefficient (Wildman–Crippen LogP) is 5.56. The van der Waals surface area contributed by atoms with Crippen molar-refractivity contribution in [3.8, 4) is 0 Å². The molecule has 192 valence electrons. The Kier molecular flexibility index (Phi) is 6.18. The van der Waals surface area contributed by atoms with E-state index >= 15 is 0 Å². The molecule has 7 nitrogen and oxygen atoms in total. The summed E-state index contributed by atoms with van der Waals surface area (Å²) in [6, 6.07) is 18.1. The number of aryl methyl sites for hydroxylation is 1. The summed E-state index contributed by atoms with van der Waals surface area (Å²) < 4.78 is 28.4. The molecule has 4 heterocycles. The highest BCUT2D eigenvalue weighted by atomic mass is 79.9. The van der Waals surface area contributed by atoms with Crippen molar-refractivity contribution in [3.05, 3.63) is 75.2 Å². The van der Waals surface area contributed by atoms with Crippen molar-refractivity contribution < 1.29 is 8.42 Å². The van der Waals surface area contributed by atoms with E-state index in [-0.39, 0.29) is 0 Å². The summed E-state index contributed by atoms with van der Waals surface area (Å²) in [4.78, 5) is 13.4. The Balaban J connectivity index is 1.52. The number of hydrogen-bond donors (Lipinski definition) is 0.